The fourth-order valence-corrected chi connectivity index (χ4v) is 4.28. The Hall–Kier alpha value is -1.60. The molecule has 1 N–H and O–H groups in total. The first-order valence-electron chi connectivity index (χ1n) is 9.71. The number of carbonyl (C=O) groups is 1. The van der Waals surface area contributed by atoms with Crippen LogP contribution in [0.3, 0.4) is 0 Å². The van der Waals surface area contributed by atoms with Crippen molar-refractivity contribution in [2.24, 2.45) is 5.92 Å². The van der Waals surface area contributed by atoms with Gasteiger partial charge < -0.3 is 10.2 Å². The van der Waals surface area contributed by atoms with Gasteiger partial charge in [0.05, 0.1) is 11.9 Å². The Labute approximate surface area is 164 Å². The van der Waals surface area contributed by atoms with Gasteiger partial charge in [0.1, 0.15) is 6.54 Å². The fourth-order valence-electron chi connectivity index (χ4n) is 3.37. The topological polar surface area (TPSA) is 69.7 Å². The number of anilines is 1. The lowest BCUT2D eigenvalue weighted by molar-refractivity contribution is -0.119. The summed E-state index contributed by atoms with van der Waals surface area (Å²) >= 11 is 0. The van der Waals surface area contributed by atoms with Crippen molar-refractivity contribution in [3.05, 3.63) is 29.3 Å². The molecule has 0 aliphatic carbocycles. The van der Waals surface area contributed by atoms with Crippen LogP contribution >= 0.6 is 0 Å². The summed E-state index contributed by atoms with van der Waals surface area (Å²) in [6.07, 6.45) is 4.50. The molecule has 0 aromatic heterocycles. The van der Waals surface area contributed by atoms with Crippen LogP contribution in [0.15, 0.2) is 18.2 Å². The van der Waals surface area contributed by atoms with Crippen LogP contribution in [0.25, 0.3) is 0 Å². The molecular formula is C20H33N3O3S. The van der Waals surface area contributed by atoms with Crippen molar-refractivity contribution in [1.82, 2.24) is 10.2 Å². The van der Waals surface area contributed by atoms with E-state index < -0.39 is 10.0 Å². The summed E-state index contributed by atoms with van der Waals surface area (Å²) in [5.41, 5.74) is 2.36. The lowest BCUT2D eigenvalue weighted by Crippen LogP contribution is -2.41. The fraction of sp³-hybridized carbons (Fsp3) is 0.650. The average molecular weight is 396 g/mol. The minimum atomic E-state index is -3.54. The zero-order valence-corrected chi connectivity index (χ0v) is 17.8. The molecule has 6 nitrogen and oxygen atoms in total. The number of carbonyl (C=O) groups excluding carboxylic acids is 1. The third kappa shape index (κ3) is 6.81. The van der Waals surface area contributed by atoms with E-state index in [1.54, 1.807) is 6.07 Å². The minimum Gasteiger partial charge on any atom is -0.354 e. The van der Waals surface area contributed by atoms with Crippen LogP contribution in [-0.2, 0) is 14.8 Å². The van der Waals surface area contributed by atoms with Crippen LogP contribution in [0, 0.1) is 19.8 Å². The first-order chi connectivity index (χ1) is 12.7. The standard InChI is InChI=1S/C20H33N3O3S/c1-16-8-12-22(13-9-16)11-5-10-21-20(24)15-23(27(4,25)26)19-14-17(2)6-7-18(19)3/h6-7,14,16H,5,8-13,15H2,1-4H3,(H,21,24). The van der Waals surface area contributed by atoms with Gasteiger partial charge in [-0.05, 0) is 75.9 Å². The molecule has 1 aromatic rings. The van der Waals surface area contributed by atoms with E-state index in [4.69, 9.17) is 0 Å². The van der Waals surface area contributed by atoms with Gasteiger partial charge in [0.2, 0.25) is 15.9 Å². The minimum absolute atomic E-state index is 0.190. The second kappa shape index (κ2) is 9.55. The molecule has 0 radical (unpaired) electrons. The van der Waals surface area contributed by atoms with Crippen LogP contribution in [0.2, 0.25) is 0 Å². The predicted molar refractivity (Wildman–Crippen MR) is 111 cm³/mol. The van der Waals surface area contributed by atoms with Crippen LogP contribution in [0.4, 0.5) is 5.69 Å². The van der Waals surface area contributed by atoms with Gasteiger partial charge in [-0.15, -0.1) is 0 Å². The van der Waals surface area contributed by atoms with Gasteiger partial charge in [0, 0.05) is 6.54 Å². The smallest absolute Gasteiger partial charge is 0.240 e. The van der Waals surface area contributed by atoms with E-state index in [9.17, 15) is 13.2 Å². The van der Waals surface area contributed by atoms with Crippen molar-refractivity contribution in [3.63, 3.8) is 0 Å². The van der Waals surface area contributed by atoms with Crippen LogP contribution in [0.5, 0.6) is 0 Å². The molecule has 152 valence electrons. The SMILES string of the molecule is Cc1ccc(C)c(N(CC(=O)NCCCN2CCC(C)CC2)S(C)(=O)=O)c1. The number of hydrogen-bond acceptors (Lipinski definition) is 4. The quantitative estimate of drug-likeness (QED) is 0.686. The lowest BCUT2D eigenvalue weighted by Gasteiger charge is -2.30. The molecule has 0 bridgehead atoms. The molecule has 1 aliphatic rings. The van der Waals surface area contributed by atoms with E-state index in [-0.39, 0.29) is 12.5 Å². The van der Waals surface area contributed by atoms with Crippen molar-refractivity contribution < 1.29 is 13.2 Å². The molecule has 7 heteroatoms. The highest BCUT2D eigenvalue weighted by Crippen LogP contribution is 2.23. The van der Waals surface area contributed by atoms with Crippen molar-refractivity contribution in [1.29, 1.82) is 0 Å². The number of hydrogen-bond donors (Lipinski definition) is 1. The molecule has 0 saturated carbocycles. The summed E-state index contributed by atoms with van der Waals surface area (Å²) in [5, 5.41) is 2.87. The van der Waals surface area contributed by atoms with Crippen molar-refractivity contribution in [3.8, 4) is 0 Å². The summed E-state index contributed by atoms with van der Waals surface area (Å²) in [7, 11) is -3.54. The van der Waals surface area contributed by atoms with E-state index in [0.717, 1.165) is 49.4 Å². The number of sulfonamides is 1. The number of amides is 1. The van der Waals surface area contributed by atoms with Gasteiger partial charge in [0.25, 0.3) is 0 Å². The maximum atomic E-state index is 12.3. The summed E-state index contributed by atoms with van der Waals surface area (Å²) < 4.78 is 25.7. The molecule has 1 aromatic carbocycles. The Bertz CT molecular complexity index is 741. The van der Waals surface area contributed by atoms with Crippen LogP contribution in [0.1, 0.15) is 37.3 Å². The third-order valence-electron chi connectivity index (χ3n) is 5.17. The molecule has 0 unspecified atom stereocenters. The number of likely N-dealkylation sites (tertiary alicyclic amines) is 1. The predicted octanol–water partition coefficient (Wildman–Crippen LogP) is 2.31. The van der Waals surface area contributed by atoms with Gasteiger partial charge in [-0.3, -0.25) is 9.10 Å². The average Bonchev–Trinajstić information content (AvgIpc) is 2.59. The van der Waals surface area contributed by atoms with Gasteiger partial charge in [0.15, 0.2) is 0 Å². The van der Waals surface area contributed by atoms with E-state index in [0.29, 0.717) is 12.2 Å². The van der Waals surface area contributed by atoms with Crippen molar-refractivity contribution in [2.45, 2.75) is 40.0 Å². The van der Waals surface area contributed by atoms with Gasteiger partial charge in [-0.1, -0.05) is 19.1 Å². The highest BCUT2D eigenvalue weighted by Gasteiger charge is 2.22. The van der Waals surface area contributed by atoms with Gasteiger partial charge >= 0.3 is 0 Å². The van der Waals surface area contributed by atoms with E-state index >= 15 is 0 Å². The first kappa shape index (κ1) is 21.7. The van der Waals surface area contributed by atoms with E-state index in [1.807, 2.05) is 26.0 Å². The van der Waals surface area contributed by atoms with E-state index in [2.05, 4.69) is 17.1 Å². The number of rotatable bonds is 8. The Balaban J connectivity index is 1.86. The Morgan fingerprint density at radius 2 is 1.93 bits per heavy atom. The summed E-state index contributed by atoms with van der Waals surface area (Å²) in [4.78, 5) is 14.8. The number of aryl methyl sites for hydroxylation is 2. The number of nitrogens with zero attached hydrogens (tertiary/aromatic N) is 2. The normalized spacial score (nSPS) is 16.3. The third-order valence-corrected chi connectivity index (χ3v) is 6.30. The molecule has 0 atom stereocenters. The molecule has 1 saturated heterocycles. The number of benzene rings is 1. The Kier molecular flexibility index (Phi) is 7.68. The maximum Gasteiger partial charge on any atom is 0.240 e. The second-order valence-electron chi connectivity index (χ2n) is 7.79. The Morgan fingerprint density at radius 3 is 2.56 bits per heavy atom. The van der Waals surface area contributed by atoms with Gasteiger partial charge in [-0.2, -0.15) is 0 Å². The lowest BCUT2D eigenvalue weighted by atomic mass is 9.99. The summed E-state index contributed by atoms with van der Waals surface area (Å²) in [5.74, 6) is 0.543. The Morgan fingerprint density at radius 1 is 1.26 bits per heavy atom. The van der Waals surface area contributed by atoms with Crippen LogP contribution in [-0.4, -0.2) is 58.2 Å². The van der Waals surface area contributed by atoms with Gasteiger partial charge in [-0.25, -0.2) is 8.42 Å². The summed E-state index contributed by atoms with van der Waals surface area (Å²) in [6, 6.07) is 5.61. The zero-order valence-electron chi connectivity index (χ0n) is 17.0. The maximum absolute atomic E-state index is 12.3. The largest absolute Gasteiger partial charge is 0.354 e. The molecule has 1 aliphatic heterocycles. The monoisotopic (exact) mass is 395 g/mol. The molecule has 2 rings (SSSR count). The molecular weight excluding hydrogens is 362 g/mol. The molecule has 1 fully saturated rings. The first-order valence-corrected chi connectivity index (χ1v) is 11.6. The van der Waals surface area contributed by atoms with Crippen LogP contribution < -0.4 is 9.62 Å². The van der Waals surface area contributed by atoms with Crippen molar-refractivity contribution in [2.75, 3.05) is 43.3 Å². The number of nitrogens with one attached hydrogen (secondary N) is 1. The number of piperidine rings is 1. The molecule has 1 amide bonds. The highest BCUT2D eigenvalue weighted by atomic mass is 32.2. The molecule has 1 heterocycles. The molecule has 27 heavy (non-hydrogen) atoms. The van der Waals surface area contributed by atoms with E-state index in [1.165, 1.54) is 17.1 Å². The zero-order chi connectivity index (χ0) is 20.0. The highest BCUT2D eigenvalue weighted by molar-refractivity contribution is 7.92. The van der Waals surface area contributed by atoms with Crippen molar-refractivity contribution >= 4 is 21.6 Å². The summed E-state index contributed by atoms with van der Waals surface area (Å²) in [6.45, 7) is 9.66. The second-order valence-corrected chi connectivity index (χ2v) is 9.69. The molecule has 0 spiro atoms.